The van der Waals surface area contributed by atoms with Crippen LogP contribution in [0.4, 0.5) is 0 Å². The summed E-state index contributed by atoms with van der Waals surface area (Å²) in [6.45, 7) is 4.24. The van der Waals surface area contributed by atoms with Gasteiger partial charge in [-0.25, -0.2) is 4.98 Å². The third-order valence-corrected chi connectivity index (χ3v) is 5.73. The van der Waals surface area contributed by atoms with Crippen molar-refractivity contribution >= 4 is 23.3 Å². The van der Waals surface area contributed by atoms with E-state index in [1.807, 2.05) is 12.1 Å². The number of hydrogen-bond donors (Lipinski definition) is 0. The summed E-state index contributed by atoms with van der Waals surface area (Å²) in [4.78, 5) is 21.5. The van der Waals surface area contributed by atoms with Crippen molar-refractivity contribution in [3.63, 3.8) is 0 Å². The van der Waals surface area contributed by atoms with Gasteiger partial charge in [0.05, 0.1) is 11.3 Å². The van der Waals surface area contributed by atoms with Gasteiger partial charge in [0.15, 0.2) is 5.78 Å². The highest BCUT2D eigenvalue weighted by Gasteiger charge is 2.30. The molecule has 0 spiro atoms. The molecule has 0 N–H and O–H groups in total. The number of aromatic nitrogens is 4. The molecule has 5 nitrogen and oxygen atoms in total. The first kappa shape index (κ1) is 16.3. The summed E-state index contributed by atoms with van der Waals surface area (Å²) in [5, 5.41) is 5.33. The van der Waals surface area contributed by atoms with Crippen LogP contribution in [0.25, 0.3) is 5.78 Å². The SMILES string of the molecule is CCCSc1nc2ncc3c(n2n1)CC(c1ccccc1C)CC3=O. The predicted octanol–water partition coefficient (Wildman–Crippen LogP) is 3.85. The molecule has 0 saturated carbocycles. The van der Waals surface area contributed by atoms with Crippen LogP contribution in [-0.2, 0) is 6.42 Å². The van der Waals surface area contributed by atoms with E-state index in [2.05, 4.69) is 41.0 Å². The second kappa shape index (κ2) is 6.59. The minimum Gasteiger partial charge on any atom is -0.294 e. The molecule has 4 rings (SSSR count). The van der Waals surface area contributed by atoms with E-state index in [4.69, 9.17) is 0 Å². The van der Waals surface area contributed by atoms with Gasteiger partial charge in [0.2, 0.25) is 5.16 Å². The first-order chi connectivity index (χ1) is 12.2. The van der Waals surface area contributed by atoms with Gasteiger partial charge in [-0.1, -0.05) is 43.0 Å². The molecule has 1 unspecified atom stereocenters. The minimum absolute atomic E-state index is 0.141. The molecule has 0 bridgehead atoms. The van der Waals surface area contributed by atoms with Crippen molar-refractivity contribution in [2.24, 2.45) is 0 Å². The number of Topliss-reactive ketones (excluding diaryl/α,β-unsaturated/α-hetero) is 1. The number of benzene rings is 1. The number of aryl methyl sites for hydroxylation is 1. The van der Waals surface area contributed by atoms with Gasteiger partial charge in [-0.15, -0.1) is 5.10 Å². The Morgan fingerprint density at radius 3 is 2.92 bits per heavy atom. The Balaban J connectivity index is 1.77. The van der Waals surface area contributed by atoms with Crippen LogP contribution in [0.1, 0.15) is 52.9 Å². The number of carbonyl (C=O) groups excluding carboxylic acids is 1. The van der Waals surface area contributed by atoms with Gasteiger partial charge in [-0.2, -0.15) is 9.50 Å². The van der Waals surface area contributed by atoms with E-state index in [0.717, 1.165) is 29.4 Å². The maximum absolute atomic E-state index is 12.7. The number of fused-ring (bicyclic) bond motifs is 3. The smallest absolute Gasteiger partial charge is 0.253 e. The monoisotopic (exact) mass is 352 g/mol. The zero-order chi connectivity index (χ0) is 17.4. The van der Waals surface area contributed by atoms with Gasteiger partial charge in [-0.3, -0.25) is 4.79 Å². The predicted molar refractivity (Wildman–Crippen MR) is 98.4 cm³/mol. The zero-order valence-corrected chi connectivity index (χ0v) is 15.2. The van der Waals surface area contributed by atoms with E-state index in [9.17, 15) is 4.79 Å². The molecule has 0 saturated heterocycles. The summed E-state index contributed by atoms with van der Waals surface area (Å²) in [5.41, 5.74) is 4.10. The van der Waals surface area contributed by atoms with Gasteiger partial charge in [-0.05, 0) is 36.8 Å². The van der Waals surface area contributed by atoms with Crippen molar-refractivity contribution in [2.75, 3.05) is 5.75 Å². The van der Waals surface area contributed by atoms with Crippen LogP contribution in [0.3, 0.4) is 0 Å². The lowest BCUT2D eigenvalue weighted by Crippen LogP contribution is -2.23. The van der Waals surface area contributed by atoms with Crippen LogP contribution < -0.4 is 0 Å². The lowest BCUT2D eigenvalue weighted by Gasteiger charge is -2.25. The van der Waals surface area contributed by atoms with E-state index < -0.39 is 0 Å². The van der Waals surface area contributed by atoms with Crippen molar-refractivity contribution in [1.82, 2.24) is 19.6 Å². The van der Waals surface area contributed by atoms with Gasteiger partial charge >= 0.3 is 0 Å². The molecule has 2 aromatic heterocycles. The summed E-state index contributed by atoms with van der Waals surface area (Å²) >= 11 is 1.63. The van der Waals surface area contributed by atoms with E-state index >= 15 is 0 Å². The van der Waals surface area contributed by atoms with Crippen LogP contribution in [0.15, 0.2) is 35.6 Å². The molecular weight excluding hydrogens is 332 g/mol. The van der Waals surface area contributed by atoms with Gasteiger partial charge in [0, 0.05) is 18.4 Å². The number of rotatable bonds is 4. The molecular formula is C19H20N4OS. The number of carbonyl (C=O) groups is 1. The summed E-state index contributed by atoms with van der Waals surface area (Å²) in [5.74, 6) is 1.88. The topological polar surface area (TPSA) is 60.1 Å². The standard InChI is InChI=1S/C19H20N4OS/c1-3-8-25-19-21-18-20-11-15-16(23(18)22-19)9-13(10-17(15)24)14-7-5-4-6-12(14)2/h4-7,11,13H,3,8-10H2,1-2H3. The maximum Gasteiger partial charge on any atom is 0.253 e. The lowest BCUT2D eigenvalue weighted by molar-refractivity contribution is 0.0962. The number of ketones is 1. The Morgan fingerprint density at radius 2 is 2.12 bits per heavy atom. The molecule has 0 fully saturated rings. The van der Waals surface area contributed by atoms with Gasteiger partial charge in [0.1, 0.15) is 0 Å². The van der Waals surface area contributed by atoms with Crippen molar-refractivity contribution in [2.45, 2.75) is 44.2 Å². The van der Waals surface area contributed by atoms with Crippen LogP contribution in [0.2, 0.25) is 0 Å². The summed E-state index contributed by atoms with van der Waals surface area (Å²) in [6.07, 6.45) is 4.05. The summed E-state index contributed by atoms with van der Waals surface area (Å²) in [6, 6.07) is 8.31. The number of thioether (sulfide) groups is 1. The van der Waals surface area contributed by atoms with Gasteiger partial charge in [0.25, 0.3) is 5.78 Å². The Morgan fingerprint density at radius 1 is 1.28 bits per heavy atom. The van der Waals surface area contributed by atoms with Gasteiger partial charge < -0.3 is 0 Å². The zero-order valence-electron chi connectivity index (χ0n) is 14.4. The maximum atomic E-state index is 12.7. The van der Waals surface area contributed by atoms with Crippen LogP contribution >= 0.6 is 11.8 Å². The molecule has 1 aliphatic carbocycles. The molecule has 128 valence electrons. The Labute approximate surface area is 150 Å². The molecule has 3 aromatic rings. The average molecular weight is 352 g/mol. The fourth-order valence-corrected chi connectivity index (χ4v) is 4.12. The van der Waals surface area contributed by atoms with Crippen molar-refractivity contribution in [3.8, 4) is 0 Å². The molecule has 1 atom stereocenters. The Hall–Kier alpha value is -2.21. The van der Waals surface area contributed by atoms with Crippen molar-refractivity contribution in [1.29, 1.82) is 0 Å². The number of nitrogens with zero attached hydrogens (tertiary/aromatic N) is 4. The van der Waals surface area contributed by atoms with E-state index in [1.165, 1.54) is 11.1 Å². The molecule has 6 heteroatoms. The van der Waals surface area contributed by atoms with Crippen LogP contribution in [-0.4, -0.2) is 31.1 Å². The first-order valence-electron chi connectivity index (χ1n) is 8.63. The van der Waals surface area contributed by atoms with Crippen LogP contribution in [0.5, 0.6) is 0 Å². The normalized spacial score (nSPS) is 17.0. The third kappa shape index (κ3) is 2.95. The minimum atomic E-state index is 0.141. The highest BCUT2D eigenvalue weighted by molar-refractivity contribution is 7.99. The fourth-order valence-electron chi connectivity index (χ4n) is 3.45. The molecule has 0 aliphatic heterocycles. The molecule has 0 amide bonds. The molecule has 1 aliphatic rings. The van der Waals surface area contributed by atoms with Crippen LogP contribution in [0, 0.1) is 6.92 Å². The largest absolute Gasteiger partial charge is 0.294 e. The summed E-state index contributed by atoms with van der Waals surface area (Å²) < 4.78 is 1.77. The molecule has 1 aromatic carbocycles. The highest BCUT2D eigenvalue weighted by Crippen LogP contribution is 2.34. The Kier molecular flexibility index (Phi) is 4.29. The molecule has 2 heterocycles. The van der Waals surface area contributed by atoms with Crippen molar-refractivity contribution < 1.29 is 4.79 Å². The van der Waals surface area contributed by atoms with Crippen molar-refractivity contribution in [3.05, 3.63) is 52.8 Å². The quantitative estimate of drug-likeness (QED) is 0.668. The second-order valence-corrected chi connectivity index (χ2v) is 7.52. The highest BCUT2D eigenvalue weighted by atomic mass is 32.2. The first-order valence-corrected chi connectivity index (χ1v) is 9.62. The van der Waals surface area contributed by atoms with E-state index in [-0.39, 0.29) is 11.7 Å². The second-order valence-electron chi connectivity index (χ2n) is 6.46. The molecule has 25 heavy (non-hydrogen) atoms. The number of hydrogen-bond acceptors (Lipinski definition) is 5. The summed E-state index contributed by atoms with van der Waals surface area (Å²) in [7, 11) is 0. The fraction of sp³-hybridized carbons (Fsp3) is 0.368. The van der Waals surface area contributed by atoms with E-state index in [0.29, 0.717) is 17.8 Å². The molecule has 0 radical (unpaired) electrons. The third-order valence-electron chi connectivity index (χ3n) is 4.68. The van der Waals surface area contributed by atoms with E-state index in [1.54, 1.807) is 22.5 Å². The average Bonchev–Trinajstić information content (AvgIpc) is 3.03. The lowest BCUT2D eigenvalue weighted by atomic mass is 9.80. The Bertz CT molecular complexity index is 950.